The summed E-state index contributed by atoms with van der Waals surface area (Å²) in [6.45, 7) is 0.881. The highest BCUT2D eigenvalue weighted by molar-refractivity contribution is 5.27. The summed E-state index contributed by atoms with van der Waals surface area (Å²) in [4.78, 5) is 0. The molecule has 0 saturated heterocycles. The first-order valence-electron chi connectivity index (χ1n) is 6.57. The fraction of sp³-hybridized carbons (Fsp3) is 0.571. The molecule has 120 valence electrons. The smallest absolute Gasteiger partial charge is 0.411 e. The van der Waals surface area contributed by atoms with Crippen molar-refractivity contribution in [3.05, 3.63) is 29.8 Å². The van der Waals surface area contributed by atoms with Crippen molar-refractivity contribution in [2.45, 2.75) is 12.7 Å². The molecule has 0 spiro atoms. The lowest BCUT2D eigenvalue weighted by atomic mass is 10.2. The zero-order chi connectivity index (χ0) is 15.6. The molecule has 1 rings (SSSR count). The van der Waals surface area contributed by atoms with Crippen molar-refractivity contribution in [2.75, 3.05) is 40.1 Å². The minimum Gasteiger partial charge on any atom is -0.491 e. The summed E-state index contributed by atoms with van der Waals surface area (Å²) in [6.07, 6.45) is -4.29. The van der Waals surface area contributed by atoms with Gasteiger partial charge in [-0.15, -0.1) is 0 Å². The highest BCUT2D eigenvalue weighted by Crippen LogP contribution is 2.15. The second kappa shape index (κ2) is 9.59. The Labute approximate surface area is 122 Å². The molecule has 0 aliphatic heterocycles. The second-order valence-corrected chi connectivity index (χ2v) is 4.33. The van der Waals surface area contributed by atoms with Crippen LogP contribution in [0.4, 0.5) is 13.2 Å². The lowest BCUT2D eigenvalue weighted by Gasteiger charge is -2.09. The van der Waals surface area contributed by atoms with Crippen LogP contribution in [-0.2, 0) is 16.0 Å². The minimum atomic E-state index is -4.29. The third-order valence-corrected chi connectivity index (χ3v) is 2.50. The molecule has 0 bridgehead atoms. The van der Waals surface area contributed by atoms with Crippen LogP contribution in [0.15, 0.2) is 24.3 Å². The number of ether oxygens (including phenoxy) is 3. The van der Waals surface area contributed by atoms with Crippen LogP contribution in [0, 0.1) is 0 Å². The van der Waals surface area contributed by atoms with Gasteiger partial charge in [0.1, 0.15) is 19.0 Å². The van der Waals surface area contributed by atoms with Gasteiger partial charge in [-0.2, -0.15) is 13.2 Å². The van der Waals surface area contributed by atoms with Crippen LogP contribution in [0.1, 0.15) is 5.56 Å². The van der Waals surface area contributed by atoms with E-state index in [1.807, 2.05) is 12.1 Å². The first-order chi connectivity index (χ1) is 10.0. The summed E-state index contributed by atoms with van der Waals surface area (Å²) in [7, 11) is 1.65. The first-order valence-corrected chi connectivity index (χ1v) is 6.57. The van der Waals surface area contributed by atoms with Gasteiger partial charge in [-0.25, -0.2) is 0 Å². The van der Waals surface area contributed by atoms with E-state index in [-0.39, 0.29) is 13.2 Å². The van der Waals surface area contributed by atoms with Gasteiger partial charge in [0.25, 0.3) is 0 Å². The van der Waals surface area contributed by atoms with Crippen molar-refractivity contribution in [2.24, 2.45) is 0 Å². The Hall–Kier alpha value is -1.31. The van der Waals surface area contributed by atoms with Crippen LogP contribution in [-0.4, -0.2) is 46.3 Å². The molecule has 0 amide bonds. The predicted octanol–water partition coefficient (Wildman–Crippen LogP) is 2.38. The molecule has 4 nitrogen and oxygen atoms in total. The largest absolute Gasteiger partial charge is 0.491 e. The summed E-state index contributed by atoms with van der Waals surface area (Å²) in [5.74, 6) is 0.603. The molecular formula is C14H20F3NO3. The highest BCUT2D eigenvalue weighted by atomic mass is 19.4. The van der Waals surface area contributed by atoms with Gasteiger partial charge in [0.15, 0.2) is 0 Å². The molecule has 0 fully saturated rings. The van der Waals surface area contributed by atoms with Crippen molar-refractivity contribution in [1.29, 1.82) is 0 Å². The lowest BCUT2D eigenvalue weighted by molar-refractivity contribution is -0.175. The van der Waals surface area contributed by atoms with E-state index < -0.39 is 12.8 Å². The van der Waals surface area contributed by atoms with Gasteiger partial charge < -0.3 is 19.5 Å². The molecule has 0 heterocycles. The van der Waals surface area contributed by atoms with E-state index in [1.165, 1.54) is 0 Å². The summed E-state index contributed by atoms with van der Waals surface area (Å²) >= 11 is 0. The van der Waals surface area contributed by atoms with Gasteiger partial charge in [-0.05, 0) is 17.7 Å². The van der Waals surface area contributed by atoms with Crippen molar-refractivity contribution in [3.8, 4) is 5.75 Å². The Morgan fingerprint density at radius 3 is 2.38 bits per heavy atom. The van der Waals surface area contributed by atoms with Crippen molar-refractivity contribution >= 4 is 0 Å². The normalized spacial score (nSPS) is 11.6. The van der Waals surface area contributed by atoms with Crippen LogP contribution in [0.2, 0.25) is 0 Å². The Bertz CT molecular complexity index is 382. The van der Waals surface area contributed by atoms with Gasteiger partial charge in [-0.1, -0.05) is 12.1 Å². The van der Waals surface area contributed by atoms with E-state index in [9.17, 15) is 13.2 Å². The third-order valence-electron chi connectivity index (χ3n) is 2.50. The molecule has 0 unspecified atom stereocenters. The van der Waals surface area contributed by atoms with E-state index in [0.29, 0.717) is 12.4 Å². The Morgan fingerprint density at radius 1 is 1.05 bits per heavy atom. The zero-order valence-corrected chi connectivity index (χ0v) is 11.9. The van der Waals surface area contributed by atoms with Gasteiger partial charge in [0.2, 0.25) is 0 Å². The molecular weight excluding hydrogens is 287 g/mol. The van der Waals surface area contributed by atoms with Crippen molar-refractivity contribution < 1.29 is 27.4 Å². The molecule has 0 saturated carbocycles. The highest BCUT2D eigenvalue weighted by Gasteiger charge is 2.27. The lowest BCUT2D eigenvalue weighted by Crippen LogP contribution is -2.19. The Kier molecular flexibility index (Phi) is 8.11. The molecule has 0 aliphatic rings. The summed E-state index contributed by atoms with van der Waals surface area (Å²) in [5.41, 5.74) is 1.09. The number of hydrogen-bond acceptors (Lipinski definition) is 4. The van der Waals surface area contributed by atoms with Crippen molar-refractivity contribution in [3.63, 3.8) is 0 Å². The predicted molar refractivity (Wildman–Crippen MR) is 72.4 cm³/mol. The number of hydrogen-bond donors (Lipinski definition) is 1. The molecule has 1 aromatic rings. The maximum atomic E-state index is 11.8. The molecule has 0 atom stereocenters. The summed E-state index contributed by atoms with van der Waals surface area (Å²) < 4.78 is 50.1. The van der Waals surface area contributed by atoms with Gasteiger partial charge in [0.05, 0.1) is 13.2 Å². The first kappa shape index (κ1) is 17.7. The van der Waals surface area contributed by atoms with Crippen LogP contribution in [0.3, 0.4) is 0 Å². The van der Waals surface area contributed by atoms with Crippen LogP contribution >= 0.6 is 0 Å². The number of benzene rings is 1. The van der Waals surface area contributed by atoms with Gasteiger partial charge >= 0.3 is 6.18 Å². The average molecular weight is 307 g/mol. The van der Waals surface area contributed by atoms with E-state index in [0.717, 1.165) is 18.7 Å². The number of alkyl halides is 3. The average Bonchev–Trinajstić information content (AvgIpc) is 2.43. The molecule has 1 N–H and O–H groups in total. The Balaban J connectivity index is 2.16. The maximum Gasteiger partial charge on any atom is 0.411 e. The van der Waals surface area contributed by atoms with Gasteiger partial charge in [-0.3, -0.25) is 0 Å². The van der Waals surface area contributed by atoms with E-state index >= 15 is 0 Å². The monoisotopic (exact) mass is 307 g/mol. The minimum absolute atomic E-state index is 0.0848. The summed E-state index contributed by atoms with van der Waals surface area (Å²) in [5, 5.41) is 3.20. The van der Waals surface area contributed by atoms with E-state index in [4.69, 9.17) is 9.47 Å². The maximum absolute atomic E-state index is 11.8. The molecule has 0 radical (unpaired) electrons. The van der Waals surface area contributed by atoms with E-state index in [1.54, 1.807) is 19.2 Å². The molecule has 0 aliphatic carbocycles. The number of halogens is 3. The SMILES string of the molecule is COCCNCc1ccc(OCCOCC(F)(F)F)cc1. The number of nitrogens with one attached hydrogen (secondary N) is 1. The van der Waals surface area contributed by atoms with Crippen molar-refractivity contribution in [1.82, 2.24) is 5.32 Å². The molecule has 0 aromatic heterocycles. The van der Waals surface area contributed by atoms with Crippen LogP contribution in [0.5, 0.6) is 5.75 Å². The third kappa shape index (κ3) is 9.28. The molecule has 21 heavy (non-hydrogen) atoms. The topological polar surface area (TPSA) is 39.7 Å². The fourth-order valence-corrected chi connectivity index (χ4v) is 1.52. The summed E-state index contributed by atoms with van der Waals surface area (Å²) in [6, 6.07) is 7.34. The number of methoxy groups -OCH3 is 1. The second-order valence-electron chi connectivity index (χ2n) is 4.33. The molecule has 7 heteroatoms. The zero-order valence-electron chi connectivity index (χ0n) is 11.9. The van der Waals surface area contributed by atoms with Gasteiger partial charge in [0, 0.05) is 20.2 Å². The van der Waals surface area contributed by atoms with Crippen LogP contribution in [0.25, 0.3) is 0 Å². The standard InChI is InChI=1S/C14H20F3NO3/c1-19-7-6-18-10-12-2-4-13(5-3-12)21-9-8-20-11-14(15,16)17/h2-5,18H,6-11H2,1H3. The van der Waals surface area contributed by atoms with E-state index in [2.05, 4.69) is 10.1 Å². The quantitative estimate of drug-likeness (QED) is 0.674. The Morgan fingerprint density at radius 2 is 1.76 bits per heavy atom. The van der Waals surface area contributed by atoms with Crippen LogP contribution < -0.4 is 10.1 Å². The fourth-order valence-electron chi connectivity index (χ4n) is 1.52. The number of rotatable bonds is 10. The molecule has 1 aromatic carbocycles.